The number of piperidine rings is 1. The van der Waals surface area contributed by atoms with Crippen LogP contribution in [0.15, 0.2) is 23.2 Å². The van der Waals surface area contributed by atoms with Crippen LogP contribution < -0.4 is 20.1 Å². The van der Waals surface area contributed by atoms with E-state index in [1.54, 1.807) is 0 Å². The third-order valence-electron chi connectivity index (χ3n) is 5.02. The molecule has 0 bridgehead atoms. The standard InChI is InChI=1S/C20H32N4O2/c1-3-21-20(22-9-4-10-24-11-7-16(2)8-12-24)23-14-17-5-6-18-19(13-17)26-15-25-18/h5-6,13,16H,3-4,7-12,14-15H2,1-2H3,(H2,21,22,23). The van der Waals surface area contributed by atoms with E-state index in [9.17, 15) is 0 Å². The van der Waals surface area contributed by atoms with E-state index in [2.05, 4.69) is 34.4 Å². The second-order valence-electron chi connectivity index (χ2n) is 7.19. The number of likely N-dealkylation sites (tertiary alicyclic amines) is 1. The van der Waals surface area contributed by atoms with Gasteiger partial charge in [-0.05, 0) is 69.4 Å². The Morgan fingerprint density at radius 1 is 1.19 bits per heavy atom. The van der Waals surface area contributed by atoms with Gasteiger partial charge in [-0.25, -0.2) is 4.99 Å². The summed E-state index contributed by atoms with van der Waals surface area (Å²) in [5.74, 6) is 3.40. The third kappa shape index (κ3) is 5.53. The molecule has 0 aromatic heterocycles. The summed E-state index contributed by atoms with van der Waals surface area (Å²) in [7, 11) is 0. The van der Waals surface area contributed by atoms with Crippen molar-refractivity contribution >= 4 is 5.96 Å². The summed E-state index contributed by atoms with van der Waals surface area (Å²) < 4.78 is 10.8. The van der Waals surface area contributed by atoms with Gasteiger partial charge in [0, 0.05) is 13.1 Å². The molecule has 0 atom stereocenters. The lowest BCUT2D eigenvalue weighted by Crippen LogP contribution is -2.39. The Kier molecular flexibility index (Phi) is 7.00. The molecule has 0 unspecified atom stereocenters. The summed E-state index contributed by atoms with van der Waals surface area (Å²) in [6.45, 7) is 10.8. The van der Waals surface area contributed by atoms with E-state index >= 15 is 0 Å². The van der Waals surface area contributed by atoms with Gasteiger partial charge >= 0.3 is 0 Å². The van der Waals surface area contributed by atoms with Gasteiger partial charge in [-0.2, -0.15) is 0 Å². The van der Waals surface area contributed by atoms with Gasteiger partial charge < -0.3 is 25.0 Å². The highest BCUT2D eigenvalue weighted by Gasteiger charge is 2.15. The van der Waals surface area contributed by atoms with Gasteiger partial charge in [0.25, 0.3) is 0 Å². The van der Waals surface area contributed by atoms with E-state index < -0.39 is 0 Å². The molecule has 3 rings (SSSR count). The minimum absolute atomic E-state index is 0.308. The lowest BCUT2D eigenvalue weighted by Gasteiger charge is -2.30. The van der Waals surface area contributed by atoms with Crippen LogP contribution in [0, 0.1) is 5.92 Å². The van der Waals surface area contributed by atoms with Crippen LogP contribution >= 0.6 is 0 Å². The Labute approximate surface area is 157 Å². The molecule has 6 nitrogen and oxygen atoms in total. The molecule has 1 saturated heterocycles. The van der Waals surface area contributed by atoms with Crippen LogP contribution in [-0.4, -0.2) is 50.4 Å². The maximum atomic E-state index is 5.43. The van der Waals surface area contributed by atoms with Crippen molar-refractivity contribution in [3.63, 3.8) is 0 Å². The molecule has 144 valence electrons. The summed E-state index contributed by atoms with van der Waals surface area (Å²) in [5, 5.41) is 6.77. The van der Waals surface area contributed by atoms with Crippen molar-refractivity contribution in [1.82, 2.24) is 15.5 Å². The largest absolute Gasteiger partial charge is 0.454 e. The van der Waals surface area contributed by atoms with E-state index in [1.807, 2.05) is 18.2 Å². The molecule has 26 heavy (non-hydrogen) atoms. The van der Waals surface area contributed by atoms with Gasteiger partial charge in [-0.3, -0.25) is 0 Å². The van der Waals surface area contributed by atoms with Crippen molar-refractivity contribution in [1.29, 1.82) is 0 Å². The zero-order valence-corrected chi connectivity index (χ0v) is 16.1. The number of benzene rings is 1. The van der Waals surface area contributed by atoms with Gasteiger partial charge in [0.05, 0.1) is 6.54 Å². The smallest absolute Gasteiger partial charge is 0.231 e. The first-order chi connectivity index (χ1) is 12.7. The van der Waals surface area contributed by atoms with Crippen molar-refractivity contribution in [2.24, 2.45) is 10.9 Å². The summed E-state index contributed by atoms with van der Waals surface area (Å²) in [4.78, 5) is 7.27. The highest BCUT2D eigenvalue weighted by molar-refractivity contribution is 5.79. The van der Waals surface area contributed by atoms with Gasteiger partial charge in [0.1, 0.15) is 0 Å². The number of nitrogens with zero attached hydrogens (tertiary/aromatic N) is 2. The topological polar surface area (TPSA) is 58.1 Å². The van der Waals surface area contributed by atoms with E-state index in [-0.39, 0.29) is 0 Å². The Balaban J connectivity index is 1.42. The zero-order valence-electron chi connectivity index (χ0n) is 16.1. The summed E-state index contributed by atoms with van der Waals surface area (Å²) >= 11 is 0. The predicted octanol–water partition coefficient (Wildman–Crippen LogP) is 2.59. The zero-order chi connectivity index (χ0) is 18.2. The average molecular weight is 361 g/mol. The first-order valence-corrected chi connectivity index (χ1v) is 9.87. The van der Waals surface area contributed by atoms with Crippen LogP contribution in [0.1, 0.15) is 38.7 Å². The number of hydrogen-bond donors (Lipinski definition) is 2. The Morgan fingerprint density at radius 2 is 2.00 bits per heavy atom. The van der Waals surface area contributed by atoms with Gasteiger partial charge in [0.2, 0.25) is 6.79 Å². The molecular formula is C20H32N4O2. The van der Waals surface area contributed by atoms with Crippen LogP contribution in [-0.2, 0) is 6.54 Å². The quantitative estimate of drug-likeness (QED) is 0.445. The lowest BCUT2D eigenvalue weighted by atomic mass is 9.99. The summed E-state index contributed by atoms with van der Waals surface area (Å²) in [6, 6.07) is 6.00. The van der Waals surface area contributed by atoms with Crippen molar-refractivity contribution in [2.75, 3.05) is 39.5 Å². The number of guanidine groups is 1. The molecule has 2 aliphatic rings. The van der Waals surface area contributed by atoms with Crippen LogP contribution in [0.4, 0.5) is 0 Å². The molecule has 0 aliphatic carbocycles. The third-order valence-corrected chi connectivity index (χ3v) is 5.02. The fraction of sp³-hybridized carbons (Fsp3) is 0.650. The van der Waals surface area contributed by atoms with E-state index in [4.69, 9.17) is 9.47 Å². The molecule has 0 spiro atoms. The molecule has 1 fully saturated rings. The van der Waals surface area contributed by atoms with Crippen molar-refractivity contribution in [2.45, 2.75) is 39.7 Å². The van der Waals surface area contributed by atoms with E-state index in [0.29, 0.717) is 13.3 Å². The molecule has 0 amide bonds. The highest BCUT2D eigenvalue weighted by Crippen LogP contribution is 2.32. The Hall–Kier alpha value is -1.95. The van der Waals surface area contributed by atoms with Crippen LogP contribution in [0.3, 0.4) is 0 Å². The fourth-order valence-electron chi connectivity index (χ4n) is 3.35. The molecule has 2 heterocycles. The minimum atomic E-state index is 0.308. The minimum Gasteiger partial charge on any atom is -0.454 e. The van der Waals surface area contributed by atoms with E-state index in [0.717, 1.165) is 48.5 Å². The van der Waals surface area contributed by atoms with Gasteiger partial charge in [0.15, 0.2) is 17.5 Å². The molecular weight excluding hydrogens is 328 g/mol. The van der Waals surface area contributed by atoms with Crippen molar-refractivity contribution < 1.29 is 9.47 Å². The van der Waals surface area contributed by atoms with Gasteiger partial charge in [-0.1, -0.05) is 13.0 Å². The number of aliphatic imine (C=N–C) groups is 1. The van der Waals surface area contributed by atoms with Crippen molar-refractivity contribution in [3.8, 4) is 11.5 Å². The van der Waals surface area contributed by atoms with Crippen LogP contribution in [0.5, 0.6) is 11.5 Å². The Bertz CT molecular complexity index is 597. The number of fused-ring (bicyclic) bond motifs is 1. The molecule has 2 aliphatic heterocycles. The second kappa shape index (κ2) is 9.67. The molecule has 0 saturated carbocycles. The molecule has 1 aromatic carbocycles. The van der Waals surface area contributed by atoms with Crippen molar-refractivity contribution in [3.05, 3.63) is 23.8 Å². The molecule has 2 N–H and O–H groups in total. The monoisotopic (exact) mass is 360 g/mol. The Morgan fingerprint density at radius 3 is 2.81 bits per heavy atom. The number of ether oxygens (including phenoxy) is 2. The molecule has 6 heteroatoms. The van der Waals surface area contributed by atoms with Crippen LogP contribution in [0.25, 0.3) is 0 Å². The number of hydrogen-bond acceptors (Lipinski definition) is 4. The first-order valence-electron chi connectivity index (χ1n) is 9.87. The summed E-state index contributed by atoms with van der Waals surface area (Å²) in [6.07, 6.45) is 3.82. The van der Waals surface area contributed by atoms with E-state index in [1.165, 1.54) is 32.5 Å². The van der Waals surface area contributed by atoms with Crippen LogP contribution in [0.2, 0.25) is 0 Å². The normalized spacial score (nSPS) is 18.2. The highest BCUT2D eigenvalue weighted by atomic mass is 16.7. The maximum Gasteiger partial charge on any atom is 0.231 e. The summed E-state index contributed by atoms with van der Waals surface area (Å²) in [5.41, 5.74) is 1.12. The fourth-order valence-corrected chi connectivity index (χ4v) is 3.35. The molecule has 1 aromatic rings. The lowest BCUT2D eigenvalue weighted by molar-refractivity contribution is 0.174. The van der Waals surface area contributed by atoms with Gasteiger partial charge in [-0.15, -0.1) is 0 Å². The SMILES string of the molecule is CCNC(=NCc1ccc2c(c1)OCO2)NCCCN1CCC(C)CC1. The number of rotatable bonds is 7. The predicted molar refractivity (Wildman–Crippen MR) is 105 cm³/mol. The maximum absolute atomic E-state index is 5.43. The molecule has 0 radical (unpaired) electrons. The average Bonchev–Trinajstić information content (AvgIpc) is 3.12. The number of nitrogens with one attached hydrogen (secondary N) is 2. The first kappa shape index (κ1) is 18.8. The second-order valence-corrected chi connectivity index (χ2v) is 7.19.